The lowest BCUT2D eigenvalue weighted by molar-refractivity contribution is 0.0472. The number of carbonyl (C=O) groups is 2. The monoisotopic (exact) mass is 453 g/mol. The Morgan fingerprint density at radius 1 is 0.853 bits per heavy atom. The number of benzene rings is 4. The Hall–Kier alpha value is -4.49. The summed E-state index contributed by atoms with van der Waals surface area (Å²) in [6, 6.07) is 22.2. The smallest absolute Gasteiger partial charge is 0.338 e. The molecular weight excluding hydrogens is 434 g/mol. The Morgan fingerprint density at radius 3 is 2.38 bits per heavy atom. The number of ether oxygens (including phenoxy) is 1. The molecule has 5 aromatic rings. The highest BCUT2D eigenvalue weighted by atomic mass is 16.5. The maximum absolute atomic E-state index is 12.6. The van der Waals surface area contributed by atoms with Crippen molar-refractivity contribution in [2.24, 2.45) is 0 Å². The summed E-state index contributed by atoms with van der Waals surface area (Å²) in [6.07, 6.45) is 0.431. The maximum atomic E-state index is 12.6. The molecule has 0 aliphatic carbocycles. The molecule has 0 spiro atoms. The lowest BCUT2D eigenvalue weighted by Crippen LogP contribution is -2.05. The van der Waals surface area contributed by atoms with Crippen LogP contribution in [0.3, 0.4) is 0 Å². The van der Waals surface area contributed by atoms with Crippen molar-refractivity contribution >= 4 is 33.8 Å². The molecule has 4 aromatic carbocycles. The van der Waals surface area contributed by atoms with Gasteiger partial charge in [0.25, 0.3) is 0 Å². The molecular formula is C27H19NO6. The molecule has 1 unspecified atom stereocenters. The average molecular weight is 453 g/mol. The van der Waals surface area contributed by atoms with Gasteiger partial charge >= 0.3 is 11.9 Å². The van der Waals surface area contributed by atoms with Crippen LogP contribution < -0.4 is 0 Å². The second-order valence-electron chi connectivity index (χ2n) is 7.88. The molecule has 7 heteroatoms. The van der Waals surface area contributed by atoms with Gasteiger partial charge in [0, 0.05) is 0 Å². The van der Waals surface area contributed by atoms with E-state index in [0.717, 1.165) is 16.3 Å². The number of nitrogens with zero attached hydrogens (tertiary/aromatic N) is 1. The number of fused-ring (bicyclic) bond motifs is 2. The molecule has 34 heavy (non-hydrogen) atoms. The van der Waals surface area contributed by atoms with Crippen molar-refractivity contribution in [3.05, 3.63) is 113 Å². The van der Waals surface area contributed by atoms with Gasteiger partial charge < -0.3 is 19.4 Å². The van der Waals surface area contributed by atoms with E-state index >= 15 is 0 Å². The minimum absolute atomic E-state index is 0.102. The molecule has 7 nitrogen and oxygen atoms in total. The number of hydrogen-bond donors (Lipinski definition) is 2. The van der Waals surface area contributed by atoms with Crippen LogP contribution in [0.15, 0.2) is 89.7 Å². The largest absolute Gasteiger partial charge is 0.478 e. The van der Waals surface area contributed by atoms with Crippen LogP contribution >= 0.6 is 0 Å². The molecule has 0 amide bonds. The van der Waals surface area contributed by atoms with Crippen molar-refractivity contribution in [3.63, 3.8) is 0 Å². The van der Waals surface area contributed by atoms with Crippen LogP contribution in [0.4, 0.5) is 0 Å². The van der Waals surface area contributed by atoms with E-state index in [9.17, 15) is 14.7 Å². The molecule has 1 heterocycles. The van der Waals surface area contributed by atoms with Gasteiger partial charge in [-0.15, -0.1) is 0 Å². The molecule has 0 aliphatic heterocycles. The molecule has 0 bridgehead atoms. The standard InChI is InChI=1S/C27H19NO6/c29-25(18-4-6-19(7-5-18)26(30)31)20-8-2-17-3-9-21(13-22(17)12-20)27(32)33-14-16-1-10-24-23(11-16)28-15-34-24/h1-13,15,25,29H,14H2,(H,30,31). The molecule has 2 N–H and O–H groups in total. The first-order chi connectivity index (χ1) is 16.5. The summed E-state index contributed by atoms with van der Waals surface area (Å²) in [6.45, 7) is 0.102. The van der Waals surface area contributed by atoms with E-state index in [1.165, 1.54) is 18.5 Å². The van der Waals surface area contributed by atoms with Crippen molar-refractivity contribution in [1.82, 2.24) is 4.98 Å². The Balaban J connectivity index is 1.34. The molecule has 5 rings (SSSR count). The summed E-state index contributed by atoms with van der Waals surface area (Å²) in [7, 11) is 0. The fourth-order valence-corrected chi connectivity index (χ4v) is 3.79. The number of hydrogen-bond acceptors (Lipinski definition) is 6. The van der Waals surface area contributed by atoms with E-state index in [4.69, 9.17) is 14.3 Å². The van der Waals surface area contributed by atoms with Gasteiger partial charge in [-0.2, -0.15) is 0 Å². The van der Waals surface area contributed by atoms with Gasteiger partial charge in [-0.3, -0.25) is 0 Å². The molecule has 0 radical (unpaired) electrons. The van der Waals surface area contributed by atoms with E-state index in [1.807, 2.05) is 24.3 Å². The summed E-state index contributed by atoms with van der Waals surface area (Å²) in [5.74, 6) is -1.48. The van der Waals surface area contributed by atoms with Gasteiger partial charge in [0.2, 0.25) is 0 Å². The summed E-state index contributed by atoms with van der Waals surface area (Å²) in [5.41, 5.74) is 3.91. The number of rotatable bonds is 6. The first kappa shape index (κ1) is 21.4. The van der Waals surface area contributed by atoms with Crippen molar-refractivity contribution in [3.8, 4) is 0 Å². The SMILES string of the molecule is O=C(O)c1ccc(C(O)c2ccc3ccc(C(=O)OCc4ccc5ocnc5c4)cc3c2)cc1. The zero-order valence-electron chi connectivity index (χ0n) is 17.8. The number of esters is 1. The number of carboxylic acid groups (broad SMARTS) is 1. The van der Waals surface area contributed by atoms with Crippen molar-refractivity contribution in [2.75, 3.05) is 0 Å². The van der Waals surface area contributed by atoms with Gasteiger partial charge in [0.15, 0.2) is 12.0 Å². The molecule has 0 saturated carbocycles. The maximum Gasteiger partial charge on any atom is 0.338 e. The highest BCUT2D eigenvalue weighted by Crippen LogP contribution is 2.27. The van der Waals surface area contributed by atoms with Crippen LogP contribution in [0.5, 0.6) is 0 Å². The summed E-state index contributed by atoms with van der Waals surface area (Å²) >= 11 is 0. The number of carbonyl (C=O) groups excluding carboxylic acids is 1. The number of aromatic carboxylic acids is 1. The third-order valence-corrected chi connectivity index (χ3v) is 5.65. The van der Waals surface area contributed by atoms with Gasteiger partial charge in [-0.05, 0) is 69.9 Å². The summed E-state index contributed by atoms with van der Waals surface area (Å²) in [5, 5.41) is 21.5. The highest BCUT2D eigenvalue weighted by molar-refractivity contribution is 5.95. The number of carboxylic acids is 1. The molecule has 1 atom stereocenters. The first-order valence-corrected chi connectivity index (χ1v) is 10.5. The molecule has 0 aliphatic rings. The predicted molar refractivity (Wildman–Crippen MR) is 125 cm³/mol. The average Bonchev–Trinajstić information content (AvgIpc) is 3.34. The predicted octanol–water partition coefficient (Wildman–Crippen LogP) is 5.12. The fourth-order valence-electron chi connectivity index (χ4n) is 3.79. The minimum atomic E-state index is -1.02. The number of aliphatic hydroxyl groups is 1. The second kappa shape index (κ2) is 8.80. The fraction of sp³-hybridized carbons (Fsp3) is 0.0741. The van der Waals surface area contributed by atoms with Gasteiger partial charge in [-0.25, -0.2) is 14.6 Å². The van der Waals surface area contributed by atoms with E-state index in [1.54, 1.807) is 42.5 Å². The van der Waals surface area contributed by atoms with Gasteiger partial charge in [0.1, 0.15) is 18.2 Å². The van der Waals surface area contributed by atoms with Crippen molar-refractivity contribution in [1.29, 1.82) is 0 Å². The van der Waals surface area contributed by atoms with Crippen LogP contribution in [-0.4, -0.2) is 27.1 Å². The summed E-state index contributed by atoms with van der Waals surface area (Å²) in [4.78, 5) is 27.8. The molecule has 1 aromatic heterocycles. The Labute approximate surface area is 193 Å². The van der Waals surface area contributed by atoms with Crippen molar-refractivity contribution < 1.29 is 29.0 Å². The summed E-state index contributed by atoms with van der Waals surface area (Å²) < 4.78 is 10.7. The molecule has 0 fully saturated rings. The zero-order valence-corrected chi connectivity index (χ0v) is 17.8. The van der Waals surface area contributed by atoms with Crippen molar-refractivity contribution in [2.45, 2.75) is 12.7 Å². The van der Waals surface area contributed by atoms with E-state index < -0.39 is 18.0 Å². The third kappa shape index (κ3) is 4.24. The topological polar surface area (TPSA) is 110 Å². The normalized spacial score (nSPS) is 12.0. The van der Waals surface area contributed by atoms with Gasteiger partial charge in [0.05, 0.1) is 11.1 Å². The highest BCUT2D eigenvalue weighted by Gasteiger charge is 2.14. The first-order valence-electron chi connectivity index (χ1n) is 10.5. The second-order valence-corrected chi connectivity index (χ2v) is 7.88. The lowest BCUT2D eigenvalue weighted by atomic mass is 9.97. The quantitative estimate of drug-likeness (QED) is 0.344. The molecule has 168 valence electrons. The van der Waals surface area contributed by atoms with Crippen LogP contribution in [0.1, 0.15) is 43.5 Å². The van der Waals surface area contributed by atoms with Crippen LogP contribution in [0.2, 0.25) is 0 Å². The molecule has 0 saturated heterocycles. The van der Waals surface area contributed by atoms with E-state index in [0.29, 0.717) is 27.8 Å². The lowest BCUT2D eigenvalue weighted by Gasteiger charge is -2.13. The number of aromatic nitrogens is 1. The Bertz CT molecular complexity index is 1520. The minimum Gasteiger partial charge on any atom is -0.478 e. The number of oxazole rings is 1. The van der Waals surface area contributed by atoms with Gasteiger partial charge in [-0.1, -0.05) is 36.4 Å². The van der Waals surface area contributed by atoms with E-state index in [2.05, 4.69) is 4.98 Å². The third-order valence-electron chi connectivity index (χ3n) is 5.65. The van der Waals surface area contributed by atoms with Crippen LogP contribution in [0.25, 0.3) is 21.9 Å². The Morgan fingerprint density at radius 2 is 1.59 bits per heavy atom. The zero-order chi connectivity index (χ0) is 23.7. The number of aliphatic hydroxyl groups excluding tert-OH is 1. The van der Waals surface area contributed by atoms with Crippen LogP contribution in [-0.2, 0) is 11.3 Å². The van der Waals surface area contributed by atoms with Crippen LogP contribution in [0, 0.1) is 0 Å². The van der Waals surface area contributed by atoms with E-state index in [-0.39, 0.29) is 12.2 Å². The Kier molecular flexibility index (Phi) is 5.53.